The van der Waals surface area contributed by atoms with Gasteiger partial charge < -0.3 is 10.1 Å². The normalized spacial score (nSPS) is 18.9. The zero-order valence-electron chi connectivity index (χ0n) is 11.7. The predicted octanol–water partition coefficient (Wildman–Crippen LogP) is 1.41. The molecule has 1 fully saturated rings. The van der Waals surface area contributed by atoms with Gasteiger partial charge in [0.05, 0.1) is 4.90 Å². The summed E-state index contributed by atoms with van der Waals surface area (Å²) in [4.78, 5) is 0.162. The summed E-state index contributed by atoms with van der Waals surface area (Å²) in [6.07, 6.45) is 2.16. The van der Waals surface area contributed by atoms with Crippen LogP contribution in [0.25, 0.3) is 0 Å². The highest BCUT2D eigenvalue weighted by molar-refractivity contribution is 7.89. The van der Waals surface area contributed by atoms with E-state index in [0.29, 0.717) is 5.92 Å². The van der Waals surface area contributed by atoms with Crippen molar-refractivity contribution in [2.24, 2.45) is 11.1 Å². The molecule has 0 spiro atoms. The summed E-state index contributed by atoms with van der Waals surface area (Å²) >= 11 is 0. The maximum atomic E-state index is 11.4. The van der Waals surface area contributed by atoms with E-state index in [0.717, 1.165) is 38.2 Å². The van der Waals surface area contributed by atoms with Crippen LogP contribution in [0.1, 0.15) is 31.4 Å². The van der Waals surface area contributed by atoms with Gasteiger partial charge in [-0.15, -0.1) is 0 Å². The van der Waals surface area contributed by atoms with Crippen molar-refractivity contribution in [1.29, 1.82) is 0 Å². The van der Waals surface area contributed by atoms with Crippen LogP contribution >= 0.6 is 0 Å². The molecule has 6 heteroatoms. The molecule has 5 nitrogen and oxygen atoms in total. The van der Waals surface area contributed by atoms with Crippen LogP contribution in [0.5, 0.6) is 0 Å². The number of nitrogens with one attached hydrogen (secondary N) is 1. The molecule has 2 rings (SSSR count). The van der Waals surface area contributed by atoms with Crippen molar-refractivity contribution < 1.29 is 13.2 Å². The van der Waals surface area contributed by atoms with Crippen molar-refractivity contribution in [3.05, 3.63) is 29.8 Å². The predicted molar refractivity (Wildman–Crippen MR) is 77.8 cm³/mol. The molecule has 0 aliphatic carbocycles. The topological polar surface area (TPSA) is 81.4 Å². The summed E-state index contributed by atoms with van der Waals surface area (Å²) in [6.45, 7) is 4.62. The number of hydrogen-bond acceptors (Lipinski definition) is 4. The zero-order chi connectivity index (χ0) is 14.6. The molecule has 1 aliphatic rings. The highest BCUT2D eigenvalue weighted by atomic mass is 32.2. The van der Waals surface area contributed by atoms with Gasteiger partial charge in [-0.05, 0) is 49.9 Å². The Labute approximate surface area is 120 Å². The van der Waals surface area contributed by atoms with Crippen LogP contribution in [-0.4, -0.2) is 28.2 Å². The Morgan fingerprint density at radius 2 is 2.10 bits per heavy atom. The van der Waals surface area contributed by atoms with Gasteiger partial charge in [-0.3, -0.25) is 0 Å². The van der Waals surface area contributed by atoms with Gasteiger partial charge in [-0.2, -0.15) is 0 Å². The van der Waals surface area contributed by atoms with Crippen molar-refractivity contribution in [3.8, 4) is 0 Å². The number of sulfonamides is 1. The highest BCUT2D eigenvalue weighted by Gasteiger charge is 2.16. The third kappa shape index (κ3) is 4.28. The second-order valence-corrected chi connectivity index (χ2v) is 6.86. The first-order valence-electron chi connectivity index (χ1n) is 6.90. The van der Waals surface area contributed by atoms with Crippen LogP contribution in [0, 0.1) is 5.92 Å². The first-order chi connectivity index (χ1) is 9.47. The third-order valence-electron chi connectivity index (χ3n) is 3.74. The summed E-state index contributed by atoms with van der Waals surface area (Å²) < 4.78 is 28.0. The van der Waals surface area contributed by atoms with E-state index >= 15 is 0 Å². The third-order valence-corrected chi connectivity index (χ3v) is 4.65. The molecule has 0 aromatic heterocycles. The van der Waals surface area contributed by atoms with E-state index in [1.165, 1.54) is 6.07 Å². The molecule has 1 aromatic rings. The lowest BCUT2D eigenvalue weighted by Crippen LogP contribution is -2.29. The quantitative estimate of drug-likeness (QED) is 0.861. The largest absolute Gasteiger partial charge is 0.381 e. The second kappa shape index (κ2) is 6.67. The van der Waals surface area contributed by atoms with Gasteiger partial charge in [0, 0.05) is 19.3 Å². The summed E-state index contributed by atoms with van der Waals surface area (Å²) in [7, 11) is -3.64. The summed E-state index contributed by atoms with van der Waals surface area (Å²) in [6, 6.07) is 6.89. The van der Waals surface area contributed by atoms with Crippen molar-refractivity contribution in [2.75, 3.05) is 19.8 Å². The Kier molecular flexibility index (Phi) is 5.15. The van der Waals surface area contributed by atoms with Crippen molar-refractivity contribution in [1.82, 2.24) is 5.32 Å². The minimum Gasteiger partial charge on any atom is -0.381 e. The molecular formula is C14H22N2O3S. The second-order valence-electron chi connectivity index (χ2n) is 5.30. The van der Waals surface area contributed by atoms with Crippen LogP contribution in [0.15, 0.2) is 29.2 Å². The molecule has 1 saturated heterocycles. The van der Waals surface area contributed by atoms with Crippen LogP contribution < -0.4 is 10.5 Å². The smallest absolute Gasteiger partial charge is 0.238 e. The van der Waals surface area contributed by atoms with Gasteiger partial charge in [0.25, 0.3) is 0 Å². The van der Waals surface area contributed by atoms with E-state index < -0.39 is 10.0 Å². The summed E-state index contributed by atoms with van der Waals surface area (Å²) in [5.41, 5.74) is 0.934. The number of primary sulfonamides is 1. The minimum atomic E-state index is -3.64. The molecule has 112 valence electrons. The van der Waals surface area contributed by atoms with Crippen molar-refractivity contribution in [2.45, 2.75) is 30.7 Å². The van der Waals surface area contributed by atoms with E-state index in [2.05, 4.69) is 5.32 Å². The number of nitrogens with two attached hydrogens (primary N) is 1. The maximum Gasteiger partial charge on any atom is 0.238 e. The highest BCUT2D eigenvalue weighted by Crippen LogP contribution is 2.19. The van der Waals surface area contributed by atoms with E-state index in [1.807, 2.05) is 13.0 Å². The average molecular weight is 298 g/mol. The van der Waals surface area contributed by atoms with Gasteiger partial charge in [0.15, 0.2) is 0 Å². The Balaban J connectivity index is 1.96. The first kappa shape index (κ1) is 15.4. The summed E-state index contributed by atoms with van der Waals surface area (Å²) in [5, 5.41) is 8.61. The van der Waals surface area contributed by atoms with Crippen LogP contribution in [0.4, 0.5) is 0 Å². The lowest BCUT2D eigenvalue weighted by molar-refractivity contribution is 0.0656. The van der Waals surface area contributed by atoms with Gasteiger partial charge in [-0.25, -0.2) is 13.6 Å². The van der Waals surface area contributed by atoms with Gasteiger partial charge in [0.2, 0.25) is 10.0 Å². The molecule has 20 heavy (non-hydrogen) atoms. The maximum absolute atomic E-state index is 11.4. The van der Waals surface area contributed by atoms with Gasteiger partial charge >= 0.3 is 0 Å². The standard InChI is InChI=1S/C14H22N2O3S/c1-11(16-10-12-5-7-19-8-6-12)13-3-2-4-14(9-13)20(15,17)18/h2-4,9,11-12,16H,5-8,10H2,1H3,(H2,15,17,18). The van der Waals surface area contributed by atoms with Crippen molar-refractivity contribution >= 4 is 10.0 Å². The van der Waals surface area contributed by atoms with Crippen LogP contribution in [0.3, 0.4) is 0 Å². The lowest BCUT2D eigenvalue weighted by Gasteiger charge is -2.24. The molecule has 1 unspecified atom stereocenters. The Bertz CT molecular complexity index is 539. The minimum absolute atomic E-state index is 0.0968. The van der Waals surface area contributed by atoms with E-state index in [9.17, 15) is 8.42 Å². The molecule has 1 atom stereocenters. The van der Waals surface area contributed by atoms with E-state index in [1.54, 1.807) is 12.1 Å². The Hall–Kier alpha value is -0.950. The van der Waals surface area contributed by atoms with Gasteiger partial charge in [-0.1, -0.05) is 12.1 Å². The average Bonchev–Trinajstić information content (AvgIpc) is 2.45. The number of hydrogen-bond donors (Lipinski definition) is 2. The fourth-order valence-corrected chi connectivity index (χ4v) is 2.94. The number of benzene rings is 1. The molecule has 1 aromatic carbocycles. The number of ether oxygens (including phenoxy) is 1. The molecule has 0 radical (unpaired) electrons. The first-order valence-corrected chi connectivity index (χ1v) is 8.45. The molecule has 0 saturated carbocycles. The molecule has 1 heterocycles. The fourth-order valence-electron chi connectivity index (χ4n) is 2.37. The SMILES string of the molecule is CC(NCC1CCOCC1)c1cccc(S(N)(=O)=O)c1. The number of rotatable bonds is 5. The lowest BCUT2D eigenvalue weighted by atomic mass is 9.99. The molecular weight excluding hydrogens is 276 g/mol. The molecule has 1 aliphatic heterocycles. The van der Waals surface area contributed by atoms with E-state index in [4.69, 9.17) is 9.88 Å². The van der Waals surface area contributed by atoms with Crippen LogP contribution in [-0.2, 0) is 14.8 Å². The molecule has 0 bridgehead atoms. The monoisotopic (exact) mass is 298 g/mol. The summed E-state index contributed by atoms with van der Waals surface area (Å²) in [5.74, 6) is 0.632. The fraction of sp³-hybridized carbons (Fsp3) is 0.571. The zero-order valence-corrected chi connectivity index (χ0v) is 12.5. The van der Waals surface area contributed by atoms with Gasteiger partial charge in [0.1, 0.15) is 0 Å². The Morgan fingerprint density at radius 3 is 2.75 bits per heavy atom. The van der Waals surface area contributed by atoms with Crippen LogP contribution in [0.2, 0.25) is 0 Å². The van der Waals surface area contributed by atoms with Crippen molar-refractivity contribution in [3.63, 3.8) is 0 Å². The Morgan fingerprint density at radius 1 is 1.40 bits per heavy atom. The van der Waals surface area contributed by atoms with E-state index in [-0.39, 0.29) is 10.9 Å². The molecule has 3 N–H and O–H groups in total. The molecule has 0 amide bonds.